The van der Waals surface area contributed by atoms with Crippen LogP contribution in [0.1, 0.15) is 39.0 Å². The fourth-order valence-electron chi connectivity index (χ4n) is 2.98. The minimum absolute atomic E-state index is 0. The van der Waals surface area contributed by atoms with Crippen molar-refractivity contribution in [3.8, 4) is 0 Å². The topological polar surface area (TPSA) is 44.4 Å². The molecule has 4 nitrogen and oxygen atoms in total. The lowest BCUT2D eigenvalue weighted by Crippen LogP contribution is -2.35. The second-order valence-corrected chi connectivity index (χ2v) is 6.21. The largest absolute Gasteiger partial charge is 0.356 e. The van der Waals surface area contributed by atoms with Gasteiger partial charge in [0.1, 0.15) is 0 Å². The molecule has 21 heavy (non-hydrogen) atoms. The molecule has 0 bridgehead atoms. The number of amides is 1. The first-order valence-corrected chi connectivity index (χ1v) is 7.96. The summed E-state index contributed by atoms with van der Waals surface area (Å²) in [5.74, 6) is 1.37. The first-order valence-electron chi connectivity index (χ1n) is 7.96. The Bertz CT molecular complexity index is 278. The molecule has 0 aromatic heterocycles. The summed E-state index contributed by atoms with van der Waals surface area (Å²) in [5, 5.41) is 6.31. The van der Waals surface area contributed by atoms with Gasteiger partial charge in [0.15, 0.2) is 0 Å². The van der Waals surface area contributed by atoms with Crippen LogP contribution in [-0.2, 0) is 4.79 Å². The van der Waals surface area contributed by atoms with E-state index < -0.39 is 0 Å². The van der Waals surface area contributed by atoms with Gasteiger partial charge in [-0.1, -0.05) is 6.92 Å². The molecule has 2 aliphatic rings. The van der Waals surface area contributed by atoms with Crippen LogP contribution >= 0.6 is 24.8 Å². The van der Waals surface area contributed by atoms with Crippen molar-refractivity contribution in [1.29, 1.82) is 0 Å². The first-order chi connectivity index (χ1) is 9.25. The number of nitrogens with zero attached hydrogens (tertiary/aromatic N) is 1. The lowest BCUT2D eigenvalue weighted by Gasteiger charge is -2.30. The van der Waals surface area contributed by atoms with E-state index in [1.165, 1.54) is 38.9 Å². The monoisotopic (exact) mass is 339 g/mol. The molecule has 6 heteroatoms. The molecule has 2 rings (SSSR count). The van der Waals surface area contributed by atoms with E-state index in [-0.39, 0.29) is 36.6 Å². The Labute approximate surface area is 141 Å². The zero-order chi connectivity index (χ0) is 13.5. The Hall–Kier alpha value is -0.0300. The number of halogens is 2. The Balaban J connectivity index is 0.00000200. The highest BCUT2D eigenvalue weighted by molar-refractivity contribution is 5.85. The molecule has 0 aliphatic carbocycles. The van der Waals surface area contributed by atoms with Crippen molar-refractivity contribution in [3.63, 3.8) is 0 Å². The van der Waals surface area contributed by atoms with E-state index in [0.29, 0.717) is 0 Å². The van der Waals surface area contributed by atoms with Crippen LogP contribution < -0.4 is 10.6 Å². The zero-order valence-electron chi connectivity index (χ0n) is 13.1. The molecule has 2 saturated heterocycles. The minimum atomic E-state index is 0. The summed E-state index contributed by atoms with van der Waals surface area (Å²) in [6, 6.07) is 0. The molecule has 1 atom stereocenters. The summed E-state index contributed by atoms with van der Waals surface area (Å²) in [5.41, 5.74) is 0. The Kier molecular flexibility index (Phi) is 11.5. The van der Waals surface area contributed by atoms with Crippen LogP contribution in [0.4, 0.5) is 0 Å². The maximum atomic E-state index is 11.8. The van der Waals surface area contributed by atoms with Crippen molar-refractivity contribution in [2.75, 3.05) is 39.3 Å². The van der Waals surface area contributed by atoms with Crippen molar-refractivity contribution in [1.82, 2.24) is 15.5 Å². The molecule has 0 spiro atoms. The van der Waals surface area contributed by atoms with Crippen molar-refractivity contribution < 1.29 is 4.79 Å². The van der Waals surface area contributed by atoms with Gasteiger partial charge in [-0.3, -0.25) is 4.79 Å². The predicted molar refractivity (Wildman–Crippen MR) is 92.6 cm³/mol. The third-order valence-electron chi connectivity index (χ3n) is 4.51. The minimum Gasteiger partial charge on any atom is -0.356 e. The number of piperidine rings is 1. The number of hydrogen-bond acceptors (Lipinski definition) is 3. The van der Waals surface area contributed by atoms with Gasteiger partial charge in [0, 0.05) is 13.1 Å². The van der Waals surface area contributed by atoms with E-state index in [1.54, 1.807) is 0 Å². The summed E-state index contributed by atoms with van der Waals surface area (Å²) >= 11 is 0. The summed E-state index contributed by atoms with van der Waals surface area (Å²) < 4.78 is 0. The van der Waals surface area contributed by atoms with Crippen molar-refractivity contribution in [2.24, 2.45) is 11.8 Å². The van der Waals surface area contributed by atoms with E-state index >= 15 is 0 Å². The second kappa shape index (κ2) is 11.5. The Morgan fingerprint density at radius 2 is 1.90 bits per heavy atom. The molecule has 2 heterocycles. The average Bonchev–Trinajstić information content (AvgIpc) is 2.94. The molecule has 0 saturated carbocycles. The van der Waals surface area contributed by atoms with E-state index in [9.17, 15) is 4.79 Å². The molecule has 0 radical (unpaired) electrons. The van der Waals surface area contributed by atoms with Gasteiger partial charge in [0.2, 0.25) is 5.91 Å². The number of likely N-dealkylation sites (tertiary alicyclic amines) is 1. The van der Waals surface area contributed by atoms with Crippen molar-refractivity contribution in [3.05, 3.63) is 0 Å². The Morgan fingerprint density at radius 1 is 1.19 bits per heavy atom. The van der Waals surface area contributed by atoms with Gasteiger partial charge < -0.3 is 15.5 Å². The number of nitrogens with one attached hydrogen (secondary N) is 2. The zero-order valence-corrected chi connectivity index (χ0v) is 14.7. The van der Waals surface area contributed by atoms with Gasteiger partial charge in [-0.25, -0.2) is 0 Å². The maximum Gasteiger partial charge on any atom is 0.224 e. The quantitative estimate of drug-likeness (QED) is 0.728. The van der Waals surface area contributed by atoms with Crippen molar-refractivity contribution >= 4 is 30.7 Å². The van der Waals surface area contributed by atoms with Gasteiger partial charge in [-0.2, -0.15) is 0 Å². The lowest BCUT2D eigenvalue weighted by atomic mass is 9.99. The standard InChI is InChI=1S/C15H29N3O.2ClH/c1-13-5-10-18(11-6-13)9-3-2-7-17-15(19)14-4-8-16-12-14;;/h13-14,16H,2-12H2,1H3,(H,17,19);2*1H. The van der Waals surface area contributed by atoms with Gasteiger partial charge in [0.25, 0.3) is 0 Å². The number of carbonyl (C=O) groups excluding carboxylic acids is 1. The highest BCUT2D eigenvalue weighted by atomic mass is 35.5. The SMILES string of the molecule is CC1CCN(CCCCNC(=O)C2CCNC2)CC1.Cl.Cl. The number of hydrogen-bond donors (Lipinski definition) is 2. The molecular formula is C15H31Cl2N3O. The van der Waals surface area contributed by atoms with Crippen LogP contribution in [0.3, 0.4) is 0 Å². The molecule has 1 unspecified atom stereocenters. The number of unbranched alkanes of at least 4 members (excludes halogenated alkanes) is 1. The normalized spacial score (nSPS) is 23.2. The average molecular weight is 340 g/mol. The van der Waals surface area contributed by atoms with Gasteiger partial charge in [0.05, 0.1) is 5.92 Å². The third-order valence-corrected chi connectivity index (χ3v) is 4.51. The van der Waals surface area contributed by atoms with Gasteiger partial charge >= 0.3 is 0 Å². The van der Waals surface area contributed by atoms with E-state index in [1.807, 2.05) is 0 Å². The maximum absolute atomic E-state index is 11.8. The van der Waals surface area contributed by atoms with E-state index in [2.05, 4.69) is 22.5 Å². The lowest BCUT2D eigenvalue weighted by molar-refractivity contribution is -0.124. The third kappa shape index (κ3) is 7.68. The molecule has 2 fully saturated rings. The molecule has 2 N–H and O–H groups in total. The van der Waals surface area contributed by atoms with E-state index in [4.69, 9.17) is 0 Å². The van der Waals surface area contributed by atoms with Crippen molar-refractivity contribution in [2.45, 2.75) is 39.0 Å². The van der Waals surface area contributed by atoms with Crippen LogP contribution in [0.25, 0.3) is 0 Å². The van der Waals surface area contributed by atoms with Crippen LogP contribution in [0.5, 0.6) is 0 Å². The molecular weight excluding hydrogens is 309 g/mol. The first kappa shape index (κ1) is 21.0. The second-order valence-electron chi connectivity index (χ2n) is 6.21. The van der Waals surface area contributed by atoms with Crippen LogP contribution in [0, 0.1) is 11.8 Å². The summed E-state index contributed by atoms with van der Waals surface area (Å²) in [6.07, 6.45) is 6.02. The molecule has 0 aromatic rings. The van der Waals surface area contributed by atoms with E-state index in [0.717, 1.165) is 38.4 Å². The smallest absolute Gasteiger partial charge is 0.224 e. The number of carbonyl (C=O) groups is 1. The highest BCUT2D eigenvalue weighted by Crippen LogP contribution is 2.16. The Morgan fingerprint density at radius 3 is 2.52 bits per heavy atom. The fourth-order valence-corrected chi connectivity index (χ4v) is 2.98. The molecule has 2 aliphatic heterocycles. The molecule has 1 amide bonds. The molecule has 126 valence electrons. The summed E-state index contributed by atoms with van der Waals surface area (Å²) in [7, 11) is 0. The van der Waals surface area contributed by atoms with Crippen LogP contribution in [0.2, 0.25) is 0 Å². The fraction of sp³-hybridized carbons (Fsp3) is 0.933. The highest BCUT2D eigenvalue weighted by Gasteiger charge is 2.21. The molecule has 0 aromatic carbocycles. The van der Waals surface area contributed by atoms with Gasteiger partial charge in [-0.05, 0) is 64.2 Å². The summed E-state index contributed by atoms with van der Waals surface area (Å²) in [6.45, 7) is 8.78. The predicted octanol–water partition coefficient (Wildman–Crippen LogP) is 2.07. The van der Waals surface area contributed by atoms with Gasteiger partial charge in [-0.15, -0.1) is 24.8 Å². The number of rotatable bonds is 6. The summed E-state index contributed by atoms with van der Waals surface area (Å²) in [4.78, 5) is 14.4. The van der Waals surface area contributed by atoms with Crippen LogP contribution in [-0.4, -0.2) is 50.1 Å². The van der Waals surface area contributed by atoms with Crippen LogP contribution in [0.15, 0.2) is 0 Å².